The SMILES string of the molecule is Brc1ccc2cc(OCC3CCOCC3)ccc2c1. The first-order valence-corrected chi connectivity index (χ1v) is 7.50. The van der Waals surface area contributed by atoms with Crippen LogP contribution in [0.25, 0.3) is 10.8 Å². The molecule has 100 valence electrons. The molecule has 3 rings (SSSR count). The van der Waals surface area contributed by atoms with Crippen LogP contribution in [0.15, 0.2) is 40.9 Å². The Balaban J connectivity index is 1.69. The minimum absolute atomic E-state index is 0.634. The summed E-state index contributed by atoms with van der Waals surface area (Å²) in [4.78, 5) is 0. The molecule has 1 heterocycles. The van der Waals surface area contributed by atoms with Crippen LogP contribution in [0.4, 0.5) is 0 Å². The number of halogens is 1. The van der Waals surface area contributed by atoms with Crippen molar-refractivity contribution in [1.29, 1.82) is 0 Å². The predicted octanol–water partition coefficient (Wildman–Crippen LogP) is 4.41. The zero-order valence-electron chi connectivity index (χ0n) is 10.8. The van der Waals surface area contributed by atoms with Crippen molar-refractivity contribution in [2.75, 3.05) is 19.8 Å². The minimum atomic E-state index is 0.634. The normalized spacial score (nSPS) is 16.7. The van der Waals surface area contributed by atoms with Crippen LogP contribution in [0, 0.1) is 5.92 Å². The lowest BCUT2D eigenvalue weighted by Gasteiger charge is -2.22. The Bertz CT molecular complexity index is 562. The second-order valence-electron chi connectivity index (χ2n) is 5.02. The Morgan fingerprint density at radius 3 is 2.63 bits per heavy atom. The summed E-state index contributed by atoms with van der Waals surface area (Å²) in [7, 11) is 0. The van der Waals surface area contributed by atoms with E-state index < -0.39 is 0 Å². The lowest BCUT2D eigenvalue weighted by Crippen LogP contribution is -2.21. The molecule has 0 atom stereocenters. The average molecular weight is 321 g/mol. The second kappa shape index (κ2) is 5.93. The molecule has 1 aliphatic heterocycles. The van der Waals surface area contributed by atoms with Crippen LogP contribution in [0.5, 0.6) is 5.75 Å². The molecule has 0 aromatic heterocycles. The summed E-state index contributed by atoms with van der Waals surface area (Å²) in [6, 6.07) is 12.6. The van der Waals surface area contributed by atoms with Gasteiger partial charge in [0, 0.05) is 17.7 Å². The predicted molar refractivity (Wildman–Crippen MR) is 80.7 cm³/mol. The third kappa shape index (κ3) is 3.28. The topological polar surface area (TPSA) is 18.5 Å². The number of benzene rings is 2. The van der Waals surface area contributed by atoms with Crippen molar-refractivity contribution in [1.82, 2.24) is 0 Å². The van der Waals surface area contributed by atoms with Crippen LogP contribution in [0.1, 0.15) is 12.8 Å². The lowest BCUT2D eigenvalue weighted by atomic mass is 10.0. The number of fused-ring (bicyclic) bond motifs is 1. The smallest absolute Gasteiger partial charge is 0.119 e. The maximum atomic E-state index is 5.92. The summed E-state index contributed by atoms with van der Waals surface area (Å²) < 4.78 is 12.4. The van der Waals surface area contributed by atoms with Crippen molar-refractivity contribution in [2.45, 2.75) is 12.8 Å². The van der Waals surface area contributed by atoms with Gasteiger partial charge >= 0.3 is 0 Å². The van der Waals surface area contributed by atoms with Gasteiger partial charge in [0.15, 0.2) is 0 Å². The van der Waals surface area contributed by atoms with Gasteiger partial charge in [0.25, 0.3) is 0 Å². The van der Waals surface area contributed by atoms with E-state index in [1.54, 1.807) is 0 Å². The van der Waals surface area contributed by atoms with E-state index in [0.29, 0.717) is 5.92 Å². The Labute approximate surface area is 121 Å². The maximum Gasteiger partial charge on any atom is 0.119 e. The highest BCUT2D eigenvalue weighted by Gasteiger charge is 2.14. The van der Waals surface area contributed by atoms with E-state index in [0.717, 1.165) is 42.9 Å². The van der Waals surface area contributed by atoms with Crippen LogP contribution < -0.4 is 4.74 Å². The molecular formula is C16H17BrO2. The molecule has 0 radical (unpaired) electrons. The molecule has 0 amide bonds. The van der Waals surface area contributed by atoms with Gasteiger partial charge in [0.1, 0.15) is 5.75 Å². The molecule has 0 aliphatic carbocycles. The summed E-state index contributed by atoms with van der Waals surface area (Å²) in [5.41, 5.74) is 0. The van der Waals surface area contributed by atoms with Crippen LogP contribution in [0.3, 0.4) is 0 Å². The van der Waals surface area contributed by atoms with E-state index in [-0.39, 0.29) is 0 Å². The third-order valence-corrected chi connectivity index (χ3v) is 4.09. The molecule has 19 heavy (non-hydrogen) atoms. The van der Waals surface area contributed by atoms with Gasteiger partial charge in [-0.3, -0.25) is 0 Å². The Hall–Kier alpha value is -1.06. The molecule has 0 spiro atoms. The molecular weight excluding hydrogens is 304 g/mol. The molecule has 2 aromatic carbocycles. The maximum absolute atomic E-state index is 5.92. The van der Waals surface area contributed by atoms with Crippen LogP contribution in [0.2, 0.25) is 0 Å². The highest BCUT2D eigenvalue weighted by Crippen LogP contribution is 2.25. The van der Waals surface area contributed by atoms with Crippen molar-refractivity contribution in [3.8, 4) is 5.75 Å². The molecule has 1 aliphatic rings. The van der Waals surface area contributed by atoms with Crippen LogP contribution in [-0.4, -0.2) is 19.8 Å². The summed E-state index contributed by atoms with van der Waals surface area (Å²) in [5, 5.41) is 2.44. The van der Waals surface area contributed by atoms with Gasteiger partial charge in [-0.1, -0.05) is 28.1 Å². The number of ether oxygens (including phenoxy) is 2. The highest BCUT2D eigenvalue weighted by atomic mass is 79.9. The van der Waals surface area contributed by atoms with Crippen molar-refractivity contribution in [2.24, 2.45) is 5.92 Å². The monoisotopic (exact) mass is 320 g/mol. The molecule has 1 fully saturated rings. The van der Waals surface area contributed by atoms with Gasteiger partial charge in [-0.25, -0.2) is 0 Å². The first kappa shape index (κ1) is 12.9. The molecule has 0 bridgehead atoms. The zero-order valence-corrected chi connectivity index (χ0v) is 12.4. The van der Waals surface area contributed by atoms with Crippen molar-refractivity contribution < 1.29 is 9.47 Å². The Kier molecular flexibility index (Phi) is 4.04. The number of hydrogen-bond acceptors (Lipinski definition) is 2. The molecule has 2 nitrogen and oxygen atoms in total. The minimum Gasteiger partial charge on any atom is -0.493 e. The van der Waals surface area contributed by atoms with E-state index in [4.69, 9.17) is 9.47 Å². The largest absolute Gasteiger partial charge is 0.493 e. The van der Waals surface area contributed by atoms with Crippen molar-refractivity contribution in [3.63, 3.8) is 0 Å². The fourth-order valence-electron chi connectivity index (χ4n) is 2.41. The van der Waals surface area contributed by atoms with E-state index >= 15 is 0 Å². The first-order valence-electron chi connectivity index (χ1n) is 6.71. The highest BCUT2D eigenvalue weighted by molar-refractivity contribution is 9.10. The van der Waals surface area contributed by atoms with E-state index in [1.807, 2.05) is 6.07 Å². The summed E-state index contributed by atoms with van der Waals surface area (Å²) in [5.74, 6) is 1.59. The summed E-state index contributed by atoms with van der Waals surface area (Å²) in [6.07, 6.45) is 2.22. The van der Waals surface area contributed by atoms with E-state index in [9.17, 15) is 0 Å². The van der Waals surface area contributed by atoms with E-state index in [2.05, 4.69) is 46.3 Å². The van der Waals surface area contributed by atoms with E-state index in [1.165, 1.54) is 10.8 Å². The van der Waals surface area contributed by atoms with Crippen LogP contribution in [-0.2, 0) is 4.74 Å². The molecule has 0 saturated carbocycles. The Morgan fingerprint density at radius 1 is 1.05 bits per heavy atom. The fraction of sp³-hybridized carbons (Fsp3) is 0.375. The van der Waals surface area contributed by atoms with Gasteiger partial charge in [-0.15, -0.1) is 0 Å². The zero-order chi connectivity index (χ0) is 13.1. The van der Waals surface area contributed by atoms with Gasteiger partial charge < -0.3 is 9.47 Å². The summed E-state index contributed by atoms with van der Waals surface area (Å²) >= 11 is 3.49. The van der Waals surface area contributed by atoms with Gasteiger partial charge in [0.05, 0.1) is 6.61 Å². The Morgan fingerprint density at radius 2 is 1.79 bits per heavy atom. The molecule has 0 N–H and O–H groups in total. The summed E-state index contributed by atoms with van der Waals surface area (Å²) in [6.45, 7) is 2.55. The quantitative estimate of drug-likeness (QED) is 0.834. The standard InChI is InChI=1S/C16H17BrO2/c17-15-3-1-14-10-16(4-2-13(14)9-15)19-11-12-5-7-18-8-6-12/h1-4,9-10,12H,5-8,11H2. The van der Waals surface area contributed by atoms with Gasteiger partial charge in [-0.05, 0) is 53.8 Å². The fourth-order valence-corrected chi connectivity index (χ4v) is 2.79. The molecule has 3 heteroatoms. The first-order chi connectivity index (χ1) is 9.31. The molecule has 1 saturated heterocycles. The van der Waals surface area contributed by atoms with Crippen molar-refractivity contribution >= 4 is 26.7 Å². The van der Waals surface area contributed by atoms with Gasteiger partial charge in [-0.2, -0.15) is 0 Å². The second-order valence-corrected chi connectivity index (χ2v) is 5.94. The van der Waals surface area contributed by atoms with Crippen LogP contribution >= 0.6 is 15.9 Å². The average Bonchev–Trinajstić information content (AvgIpc) is 2.46. The van der Waals surface area contributed by atoms with Gasteiger partial charge in [0.2, 0.25) is 0 Å². The lowest BCUT2D eigenvalue weighted by molar-refractivity contribution is 0.0498. The van der Waals surface area contributed by atoms with Crippen molar-refractivity contribution in [3.05, 3.63) is 40.9 Å². The molecule has 0 unspecified atom stereocenters. The number of rotatable bonds is 3. The third-order valence-electron chi connectivity index (χ3n) is 3.60. The number of hydrogen-bond donors (Lipinski definition) is 0. The molecule has 2 aromatic rings.